The maximum atomic E-state index is 13.2. The third-order valence-electron chi connectivity index (χ3n) is 7.14. The number of benzene rings is 1. The average molecular weight is 354 g/mol. The highest BCUT2D eigenvalue weighted by Gasteiger charge is 2.41. The summed E-state index contributed by atoms with van der Waals surface area (Å²) in [4.78, 5) is 18.1. The first kappa shape index (κ1) is 16.8. The smallest absolute Gasteiger partial charge is 0.226 e. The van der Waals surface area contributed by atoms with Crippen molar-refractivity contribution in [2.75, 3.05) is 32.8 Å². The number of hydrogen-bond acceptors (Lipinski definition) is 3. The first-order valence-corrected chi connectivity index (χ1v) is 10.5. The number of nitrogens with zero attached hydrogens (tertiary/aromatic N) is 2. The third kappa shape index (κ3) is 3.07. The lowest BCUT2D eigenvalue weighted by Crippen LogP contribution is -2.50. The van der Waals surface area contributed by atoms with Gasteiger partial charge in [0.05, 0.1) is 0 Å². The van der Waals surface area contributed by atoms with Crippen molar-refractivity contribution in [1.82, 2.24) is 9.80 Å². The van der Waals surface area contributed by atoms with E-state index in [9.17, 15) is 4.79 Å². The van der Waals surface area contributed by atoms with Crippen LogP contribution in [-0.2, 0) is 22.4 Å². The van der Waals surface area contributed by atoms with Gasteiger partial charge in [-0.3, -0.25) is 9.69 Å². The van der Waals surface area contributed by atoms with Crippen molar-refractivity contribution in [3.63, 3.8) is 0 Å². The van der Waals surface area contributed by atoms with E-state index in [1.54, 1.807) is 0 Å². The van der Waals surface area contributed by atoms with Crippen molar-refractivity contribution in [2.24, 2.45) is 11.8 Å². The molecule has 1 amide bonds. The van der Waals surface area contributed by atoms with Crippen LogP contribution in [0, 0.1) is 11.8 Å². The van der Waals surface area contributed by atoms with Gasteiger partial charge in [-0.05, 0) is 55.6 Å². The Balaban J connectivity index is 1.29. The number of ether oxygens (including phenoxy) is 1. The van der Waals surface area contributed by atoms with Crippen LogP contribution in [0.3, 0.4) is 0 Å². The van der Waals surface area contributed by atoms with Gasteiger partial charge in [-0.25, -0.2) is 0 Å². The zero-order valence-electron chi connectivity index (χ0n) is 15.6. The van der Waals surface area contributed by atoms with Crippen LogP contribution in [-0.4, -0.2) is 60.6 Å². The van der Waals surface area contributed by atoms with E-state index in [1.165, 1.54) is 43.4 Å². The summed E-state index contributed by atoms with van der Waals surface area (Å²) in [6, 6.07) is 9.98. The predicted molar refractivity (Wildman–Crippen MR) is 101 cm³/mol. The van der Waals surface area contributed by atoms with Crippen LogP contribution in [0.5, 0.6) is 0 Å². The Bertz CT molecular complexity index is 645. The third-order valence-corrected chi connectivity index (χ3v) is 7.14. The van der Waals surface area contributed by atoms with E-state index in [2.05, 4.69) is 34.1 Å². The fraction of sp³-hybridized carbons (Fsp3) is 0.682. The minimum Gasteiger partial charge on any atom is -0.381 e. The predicted octanol–water partition coefficient (Wildman–Crippen LogP) is 2.50. The van der Waals surface area contributed by atoms with Crippen LogP contribution < -0.4 is 0 Å². The Morgan fingerprint density at radius 1 is 0.885 bits per heavy atom. The molecular formula is C22H30N2O2. The first-order valence-electron chi connectivity index (χ1n) is 10.5. The lowest BCUT2D eigenvalue weighted by Gasteiger charge is -2.39. The van der Waals surface area contributed by atoms with Crippen LogP contribution in [0.1, 0.15) is 36.8 Å². The maximum absolute atomic E-state index is 13.2. The zero-order valence-corrected chi connectivity index (χ0v) is 15.6. The molecule has 0 spiro atoms. The van der Waals surface area contributed by atoms with Crippen LogP contribution in [0.2, 0.25) is 0 Å². The minimum absolute atomic E-state index is 0.201. The van der Waals surface area contributed by atoms with Gasteiger partial charge < -0.3 is 9.64 Å². The molecular weight excluding hydrogens is 324 g/mol. The number of fused-ring (bicyclic) bond motifs is 5. The molecule has 0 N–H and O–H groups in total. The van der Waals surface area contributed by atoms with E-state index in [0.717, 1.165) is 39.1 Å². The van der Waals surface area contributed by atoms with E-state index >= 15 is 0 Å². The average Bonchev–Trinajstić information content (AvgIpc) is 2.91. The molecule has 0 unspecified atom stereocenters. The minimum atomic E-state index is 0.201. The van der Waals surface area contributed by atoms with Gasteiger partial charge in [0.1, 0.15) is 0 Å². The number of amides is 1. The highest BCUT2D eigenvalue weighted by atomic mass is 16.5. The Morgan fingerprint density at radius 2 is 1.62 bits per heavy atom. The molecule has 4 heterocycles. The molecule has 2 atom stereocenters. The van der Waals surface area contributed by atoms with E-state index in [0.29, 0.717) is 23.9 Å². The highest BCUT2D eigenvalue weighted by Crippen LogP contribution is 2.34. The van der Waals surface area contributed by atoms with Gasteiger partial charge in [0.25, 0.3) is 0 Å². The molecule has 26 heavy (non-hydrogen) atoms. The summed E-state index contributed by atoms with van der Waals surface area (Å²) < 4.78 is 5.46. The fourth-order valence-corrected chi connectivity index (χ4v) is 5.66. The zero-order chi connectivity index (χ0) is 17.5. The van der Waals surface area contributed by atoms with Crippen LogP contribution in [0.15, 0.2) is 24.3 Å². The Kier molecular flexibility index (Phi) is 4.49. The number of carbonyl (C=O) groups excluding carboxylic acids is 1. The van der Waals surface area contributed by atoms with E-state index < -0.39 is 0 Å². The number of rotatable bonds is 2. The molecule has 4 heteroatoms. The summed E-state index contributed by atoms with van der Waals surface area (Å²) >= 11 is 0. The largest absolute Gasteiger partial charge is 0.381 e. The first-order chi connectivity index (χ1) is 12.8. The van der Waals surface area contributed by atoms with Gasteiger partial charge in [0.2, 0.25) is 5.91 Å². The number of hydrogen-bond donors (Lipinski definition) is 0. The lowest BCUT2D eigenvalue weighted by atomic mass is 9.91. The van der Waals surface area contributed by atoms with Gasteiger partial charge in [0, 0.05) is 50.8 Å². The second kappa shape index (κ2) is 6.97. The molecule has 1 aliphatic carbocycles. The van der Waals surface area contributed by atoms with Crippen molar-refractivity contribution < 1.29 is 9.53 Å². The fourth-order valence-electron chi connectivity index (χ4n) is 5.66. The second-order valence-corrected chi connectivity index (χ2v) is 8.76. The summed E-state index contributed by atoms with van der Waals surface area (Å²) in [5, 5.41) is 0. The molecule has 5 aliphatic rings. The lowest BCUT2D eigenvalue weighted by molar-refractivity contribution is -0.142. The Hall–Kier alpha value is -1.39. The van der Waals surface area contributed by atoms with Crippen LogP contribution in [0.25, 0.3) is 0 Å². The van der Waals surface area contributed by atoms with Gasteiger partial charge in [-0.2, -0.15) is 0 Å². The summed E-state index contributed by atoms with van der Waals surface area (Å²) in [6.07, 6.45) is 6.67. The van der Waals surface area contributed by atoms with Crippen molar-refractivity contribution in [3.8, 4) is 0 Å². The van der Waals surface area contributed by atoms with E-state index in [-0.39, 0.29) is 5.92 Å². The molecule has 1 aromatic rings. The molecule has 4 saturated heterocycles. The van der Waals surface area contributed by atoms with Crippen LogP contribution in [0.4, 0.5) is 0 Å². The van der Waals surface area contributed by atoms with Crippen LogP contribution >= 0.6 is 0 Å². The second-order valence-electron chi connectivity index (χ2n) is 8.76. The topological polar surface area (TPSA) is 32.8 Å². The van der Waals surface area contributed by atoms with Crippen molar-refractivity contribution >= 4 is 5.91 Å². The van der Waals surface area contributed by atoms with Crippen molar-refractivity contribution in [1.29, 1.82) is 0 Å². The van der Waals surface area contributed by atoms with Gasteiger partial charge >= 0.3 is 0 Å². The standard InChI is InChI=1S/C22H30N2O2/c25-22(17-7-9-26-10-8-17)24-14-16-5-6-20(24)15-23(13-16)21-11-18-3-1-2-4-19(18)12-21/h1-4,16-17,20-21H,5-15H2/t16-,20+/m1/s1. The molecule has 6 rings (SSSR count). The summed E-state index contributed by atoms with van der Waals surface area (Å²) in [7, 11) is 0. The van der Waals surface area contributed by atoms with E-state index in [4.69, 9.17) is 4.74 Å². The molecule has 0 saturated carbocycles. The SMILES string of the molecule is O=C(C1CCOCC1)N1C[C@@H]2CC[C@H]1CN(C1Cc3ccccc3C1)C2. The van der Waals surface area contributed by atoms with Gasteiger partial charge in [0.15, 0.2) is 0 Å². The summed E-state index contributed by atoms with van der Waals surface area (Å²) in [5.74, 6) is 1.27. The molecule has 4 nitrogen and oxygen atoms in total. The molecule has 0 aromatic heterocycles. The summed E-state index contributed by atoms with van der Waals surface area (Å²) in [6.45, 7) is 4.74. The highest BCUT2D eigenvalue weighted by molar-refractivity contribution is 5.79. The molecule has 4 fully saturated rings. The number of carbonyl (C=O) groups is 1. The molecule has 0 radical (unpaired) electrons. The summed E-state index contributed by atoms with van der Waals surface area (Å²) in [5.41, 5.74) is 3.06. The van der Waals surface area contributed by atoms with Gasteiger partial charge in [-0.15, -0.1) is 0 Å². The normalized spacial score (nSPS) is 30.4. The molecule has 4 aliphatic heterocycles. The maximum Gasteiger partial charge on any atom is 0.226 e. The van der Waals surface area contributed by atoms with E-state index in [1.807, 2.05) is 0 Å². The Labute approximate surface area is 156 Å². The number of piperidine rings is 1. The quantitative estimate of drug-likeness (QED) is 0.818. The Morgan fingerprint density at radius 3 is 2.35 bits per heavy atom. The molecule has 140 valence electrons. The molecule has 1 aromatic carbocycles. The monoisotopic (exact) mass is 354 g/mol. The van der Waals surface area contributed by atoms with Crippen molar-refractivity contribution in [2.45, 2.75) is 50.6 Å². The molecule has 2 bridgehead atoms. The van der Waals surface area contributed by atoms with Crippen molar-refractivity contribution in [3.05, 3.63) is 35.4 Å². The van der Waals surface area contributed by atoms with Gasteiger partial charge in [-0.1, -0.05) is 24.3 Å².